The molecule has 0 radical (unpaired) electrons. The lowest BCUT2D eigenvalue weighted by Gasteiger charge is -2.40. The fourth-order valence-electron chi connectivity index (χ4n) is 7.95. The minimum atomic E-state index is -5.19. The zero-order valence-electron chi connectivity index (χ0n) is 73.5. The van der Waals surface area contributed by atoms with Crippen LogP contribution in [0.2, 0.25) is 0 Å². The van der Waals surface area contributed by atoms with E-state index in [0.29, 0.717) is 57.8 Å². The Morgan fingerprint density at radius 2 is 0.607 bits per heavy atom. The molecule has 0 rings (SSSR count). The molecule has 0 bridgehead atoms. The van der Waals surface area contributed by atoms with E-state index in [2.05, 4.69) is 0 Å². The first-order chi connectivity index (χ1) is 50.7. The van der Waals surface area contributed by atoms with E-state index < -0.39 is 175 Å². The van der Waals surface area contributed by atoms with E-state index in [4.69, 9.17) is 0 Å². The Morgan fingerprint density at radius 3 is 0.726 bits per heavy atom. The standard InChI is InChI=1S/C8H15F3.2C7H10F6.8C7H13F3/c1-6(2,3)7(4,5)8(9,10)11;1-4(2)3-5(6(8,9)10)7(11,12)13;1-2-3-4-5(6(8,9)10)7(11,12)13;1-5(2)6(3,4)7(8,9)10;1-4-6(2,3)5-7(8,9)10;1-4-5-6(2,3)7(8,9)10;2*1-4-5(2)6(3)7(8,9)10;1-3-4-6(2)5-7(8,9)10;1-3-4-5-6(2)7(8,9)10;1-3-6(4-2)5-7(8,9)10/h1-5H3;4-5H,3H2,1-2H3;5H,2-4H2,1H3;5H,1-4H3;2*4-5H2,1-3H3;2*5-6H,4H2,1-3H3;3*6H,3-5H2,1-2H3/t;;;;;;5?,6-;5-,6?;2*6-;/m......1000./s1. The third-order valence-electron chi connectivity index (χ3n) is 19.8. The molecule has 6 atom stereocenters. The summed E-state index contributed by atoms with van der Waals surface area (Å²) < 4.78 is 463. The zero-order valence-corrected chi connectivity index (χ0v) is 73.5. The molecule has 0 aliphatic heterocycles. The van der Waals surface area contributed by atoms with Crippen molar-refractivity contribution in [1.82, 2.24) is 0 Å². The van der Waals surface area contributed by atoms with Crippen LogP contribution in [-0.2, 0) is 0 Å². The lowest BCUT2D eigenvalue weighted by atomic mass is 9.69. The van der Waals surface area contributed by atoms with E-state index in [1.165, 1.54) is 76.2 Å². The normalized spacial score (nSPS) is 15.0. The van der Waals surface area contributed by atoms with Crippen molar-refractivity contribution < 1.29 is 171 Å². The summed E-state index contributed by atoms with van der Waals surface area (Å²) >= 11 is 0. The fourth-order valence-corrected chi connectivity index (χ4v) is 7.95. The van der Waals surface area contributed by atoms with Gasteiger partial charge in [-0.25, -0.2) is 0 Å². The van der Waals surface area contributed by atoms with Gasteiger partial charge in [-0.2, -0.15) is 171 Å². The second-order valence-corrected chi connectivity index (χ2v) is 33.5. The average Bonchev–Trinajstić information content (AvgIpc) is 0.789. The van der Waals surface area contributed by atoms with Gasteiger partial charge in [-0.1, -0.05) is 285 Å². The molecule has 0 nitrogen and oxygen atoms in total. The second kappa shape index (κ2) is 57.7. The molecule has 0 heterocycles. The van der Waals surface area contributed by atoms with Gasteiger partial charge in [0.2, 0.25) is 0 Å². The molecular weight excluding hydrogens is 1680 g/mol. The van der Waals surface area contributed by atoms with Crippen LogP contribution in [0.3, 0.4) is 0 Å². The number of hydrogen-bond acceptors (Lipinski definition) is 0. The summed E-state index contributed by atoms with van der Waals surface area (Å²) in [7, 11) is 0. The van der Waals surface area contributed by atoms with Crippen molar-refractivity contribution in [3.05, 3.63) is 0 Å². The molecule has 2 unspecified atom stereocenters. The zero-order chi connectivity index (χ0) is 97.8. The Balaban J connectivity index is -0.000000118. The third-order valence-corrected chi connectivity index (χ3v) is 19.8. The van der Waals surface area contributed by atoms with E-state index in [0.717, 1.165) is 12.8 Å². The molecule has 0 aromatic carbocycles. The Morgan fingerprint density at radius 1 is 0.291 bits per heavy atom. The van der Waals surface area contributed by atoms with Gasteiger partial charge in [0, 0.05) is 19.3 Å². The van der Waals surface area contributed by atoms with Crippen molar-refractivity contribution in [2.75, 3.05) is 0 Å². The summed E-state index contributed by atoms with van der Waals surface area (Å²) in [6.45, 7) is 45.8. The third kappa shape index (κ3) is 76.6. The van der Waals surface area contributed by atoms with Gasteiger partial charge in [0.05, 0.1) is 34.0 Å². The summed E-state index contributed by atoms with van der Waals surface area (Å²) in [6.07, 6.45) is -53.4. The maximum Gasteiger partial charge on any atom is 0.400 e. The Labute approximate surface area is 671 Å². The summed E-state index contributed by atoms with van der Waals surface area (Å²) in [4.78, 5) is 0. The van der Waals surface area contributed by atoms with E-state index in [9.17, 15) is 171 Å². The number of rotatable bonds is 23. The Hall–Kier alpha value is -2.73. The summed E-state index contributed by atoms with van der Waals surface area (Å²) in [5.74, 6) is -11.8. The highest BCUT2D eigenvalue weighted by atomic mass is 19.5. The SMILES string of the molecule is CC(C)(C)C(C)(C)C(F)(F)F.CC(C)C(C)(C)C(F)(F)F.CC(C)CC(C(F)(F)F)C(F)(F)F.CCC(C)(C)CC(F)(F)F.CCC(C)[C@@H](C)C(F)(F)F.CCC(CC)CC(F)(F)F.CCCC(C)(C)C(F)(F)F.CCCCC(C(F)(F)F)C(F)(F)F.CCCC[C@H](C)C(F)(F)F.CCC[C@H](C)CC(F)(F)F.CC[C@H](C)C(C)C(F)(F)F. The maximum atomic E-state index is 12.3. The molecule has 0 aliphatic carbocycles. The topological polar surface area (TPSA) is 0 Å². The predicted octanol–water partition coefficient (Wildman–Crippen LogP) is 37.9. The van der Waals surface area contributed by atoms with Gasteiger partial charge in [-0.05, 0) is 72.0 Å². The van der Waals surface area contributed by atoms with Crippen LogP contribution in [0, 0.1) is 92.2 Å². The van der Waals surface area contributed by atoms with Gasteiger partial charge in [0.15, 0.2) is 11.8 Å². The average molecular weight is 1820 g/mol. The van der Waals surface area contributed by atoms with Crippen molar-refractivity contribution in [2.45, 2.75) is 410 Å². The molecule has 0 amide bonds. The van der Waals surface area contributed by atoms with Crippen LogP contribution in [0.1, 0.15) is 330 Å². The summed E-state index contributed by atoms with van der Waals surface area (Å²) in [6, 6.07) is 0. The van der Waals surface area contributed by atoms with Crippen LogP contribution in [0.15, 0.2) is 0 Å². The van der Waals surface area contributed by atoms with Crippen molar-refractivity contribution in [1.29, 1.82) is 0 Å². The summed E-state index contributed by atoms with van der Waals surface area (Å²) in [5.41, 5.74) is -6.04. The molecule has 0 aliphatic rings. The van der Waals surface area contributed by atoms with Crippen LogP contribution >= 0.6 is 0 Å². The molecule has 0 aromatic heterocycles. The quantitative estimate of drug-likeness (QED) is 0.0895. The van der Waals surface area contributed by atoms with Gasteiger partial charge < -0.3 is 0 Å². The molecule has 0 fully saturated rings. The molecule has 0 saturated carbocycles. The number of alkyl halides is 39. The highest BCUT2D eigenvalue weighted by molar-refractivity contribution is 4.88. The fraction of sp³-hybridized carbons (Fsp3) is 1.00. The second-order valence-electron chi connectivity index (χ2n) is 33.5. The first kappa shape index (κ1) is 137. The molecule has 0 N–H and O–H groups in total. The minimum absolute atomic E-state index is 0.0658. The van der Waals surface area contributed by atoms with Gasteiger partial charge in [0.25, 0.3) is 0 Å². The smallest absolute Gasteiger partial charge is 0.171 e. The Kier molecular flexibility index (Phi) is 67.8. The largest absolute Gasteiger partial charge is 0.400 e. The van der Waals surface area contributed by atoms with Crippen LogP contribution in [0.4, 0.5) is 171 Å². The maximum absolute atomic E-state index is 12.3. The van der Waals surface area contributed by atoms with Crippen molar-refractivity contribution in [3.8, 4) is 0 Å². The molecule has 724 valence electrons. The number of hydrogen-bond donors (Lipinski definition) is 0. The highest BCUT2D eigenvalue weighted by Gasteiger charge is 2.58. The van der Waals surface area contributed by atoms with E-state index in [-0.39, 0.29) is 48.9 Å². The van der Waals surface area contributed by atoms with Gasteiger partial charge in [-0.15, -0.1) is 0 Å². The Bertz CT molecular complexity index is 2220. The molecule has 0 spiro atoms. The first-order valence-corrected chi connectivity index (χ1v) is 38.6. The van der Waals surface area contributed by atoms with Crippen LogP contribution in [0.25, 0.3) is 0 Å². The first-order valence-electron chi connectivity index (χ1n) is 38.6. The molecule has 0 saturated heterocycles. The van der Waals surface area contributed by atoms with E-state index in [1.54, 1.807) is 118 Å². The van der Waals surface area contributed by atoms with Crippen molar-refractivity contribution in [3.63, 3.8) is 0 Å². The van der Waals surface area contributed by atoms with Crippen LogP contribution in [-0.4, -0.2) is 80.3 Å². The molecular formula is C78H139F39. The van der Waals surface area contributed by atoms with Gasteiger partial charge in [0.1, 0.15) is 0 Å². The molecule has 39 heteroatoms. The van der Waals surface area contributed by atoms with Crippen molar-refractivity contribution in [2.24, 2.45) is 92.2 Å². The number of halogens is 39. The molecule has 0 aromatic rings. The lowest BCUT2D eigenvalue weighted by molar-refractivity contribution is -0.288. The van der Waals surface area contributed by atoms with Crippen molar-refractivity contribution >= 4 is 0 Å². The summed E-state index contributed by atoms with van der Waals surface area (Å²) in [5, 5.41) is 0. The van der Waals surface area contributed by atoms with Gasteiger partial charge >= 0.3 is 80.3 Å². The lowest BCUT2D eigenvalue weighted by Crippen LogP contribution is -2.43. The van der Waals surface area contributed by atoms with E-state index >= 15 is 0 Å². The monoisotopic (exact) mass is 1820 g/mol. The van der Waals surface area contributed by atoms with Gasteiger partial charge in [-0.3, -0.25) is 0 Å². The van der Waals surface area contributed by atoms with Crippen LogP contribution < -0.4 is 0 Å². The highest BCUT2D eigenvalue weighted by Crippen LogP contribution is 2.51. The predicted molar refractivity (Wildman–Crippen MR) is 387 cm³/mol. The van der Waals surface area contributed by atoms with E-state index in [1.807, 2.05) is 13.8 Å². The molecule has 117 heavy (non-hydrogen) atoms. The number of unbranched alkanes of at least 4 members (excludes halogenated alkanes) is 2. The minimum Gasteiger partial charge on any atom is -0.171 e. The van der Waals surface area contributed by atoms with Crippen LogP contribution in [0.5, 0.6) is 0 Å².